The number of hydrogen-bond acceptors (Lipinski definition) is 1. The molecule has 2 aromatic rings. The minimum Gasteiger partial charge on any atom is -0.205 e. The molecule has 0 saturated carbocycles. The van der Waals surface area contributed by atoms with E-state index >= 15 is 0 Å². The Morgan fingerprint density at radius 1 is 1.17 bits per heavy atom. The normalized spacial score (nSPS) is 10.9. The third-order valence-electron chi connectivity index (χ3n) is 1.53. The molecule has 1 aromatic carbocycles. The van der Waals surface area contributed by atoms with Gasteiger partial charge in [-0.3, -0.25) is 0 Å². The van der Waals surface area contributed by atoms with Gasteiger partial charge >= 0.3 is 0 Å². The summed E-state index contributed by atoms with van der Waals surface area (Å²) in [4.78, 5) is 0. The Morgan fingerprint density at radius 2 is 1.92 bits per heavy atom. The van der Waals surface area contributed by atoms with E-state index in [-0.39, 0.29) is 5.39 Å². The van der Waals surface area contributed by atoms with Gasteiger partial charge in [0.15, 0.2) is 17.5 Å². The summed E-state index contributed by atoms with van der Waals surface area (Å²) >= 11 is 0.930. The minimum atomic E-state index is -1.14. The van der Waals surface area contributed by atoms with Gasteiger partial charge in [0.2, 0.25) is 0 Å². The molecule has 0 aliphatic rings. The molecule has 0 bridgehead atoms. The molecule has 0 spiro atoms. The lowest BCUT2D eigenvalue weighted by Crippen LogP contribution is -1.84. The van der Waals surface area contributed by atoms with Crippen LogP contribution in [-0.2, 0) is 0 Å². The standard InChI is InChI=1S/C8H2F3S/c9-4-1-2-6-7(8(4)11)5(10)3-12-6/h1-2H. The number of rotatable bonds is 0. The first-order valence-electron chi connectivity index (χ1n) is 3.14. The van der Waals surface area contributed by atoms with Crippen molar-refractivity contribution in [2.45, 2.75) is 0 Å². The number of thiophene rings is 1. The second-order valence-corrected chi connectivity index (χ2v) is 3.10. The molecule has 0 atom stereocenters. The zero-order chi connectivity index (χ0) is 8.72. The van der Waals surface area contributed by atoms with Gasteiger partial charge < -0.3 is 0 Å². The number of benzene rings is 1. The third-order valence-corrected chi connectivity index (χ3v) is 2.37. The van der Waals surface area contributed by atoms with E-state index in [4.69, 9.17) is 0 Å². The van der Waals surface area contributed by atoms with Crippen LogP contribution < -0.4 is 0 Å². The first kappa shape index (κ1) is 7.61. The molecule has 0 saturated heterocycles. The van der Waals surface area contributed by atoms with E-state index in [1.54, 1.807) is 0 Å². The van der Waals surface area contributed by atoms with Crippen molar-refractivity contribution in [2.24, 2.45) is 0 Å². The first-order chi connectivity index (χ1) is 5.70. The first-order valence-corrected chi connectivity index (χ1v) is 3.95. The van der Waals surface area contributed by atoms with Gasteiger partial charge in [0.25, 0.3) is 0 Å². The van der Waals surface area contributed by atoms with Crippen molar-refractivity contribution < 1.29 is 13.2 Å². The Bertz CT molecular complexity index is 433. The molecular weight excluding hydrogens is 185 g/mol. The molecule has 0 aliphatic heterocycles. The van der Waals surface area contributed by atoms with Gasteiger partial charge in [0, 0.05) is 4.70 Å². The fraction of sp³-hybridized carbons (Fsp3) is 0. The molecule has 1 aromatic heterocycles. The highest BCUT2D eigenvalue weighted by Crippen LogP contribution is 2.27. The summed E-state index contributed by atoms with van der Waals surface area (Å²) in [5, 5.41) is 1.91. The Kier molecular flexibility index (Phi) is 1.58. The quantitative estimate of drug-likeness (QED) is 0.594. The lowest BCUT2D eigenvalue weighted by molar-refractivity contribution is 0.512. The second kappa shape index (κ2) is 2.48. The Labute approximate surface area is 70.3 Å². The number of halogens is 3. The molecule has 0 fully saturated rings. The minimum absolute atomic E-state index is 0.306. The van der Waals surface area contributed by atoms with Crippen molar-refractivity contribution in [1.82, 2.24) is 0 Å². The van der Waals surface area contributed by atoms with E-state index < -0.39 is 17.5 Å². The molecular formula is C8H2F3S. The predicted octanol–water partition coefficient (Wildman–Crippen LogP) is 3.12. The van der Waals surface area contributed by atoms with Crippen molar-refractivity contribution in [2.75, 3.05) is 0 Å². The summed E-state index contributed by atoms with van der Waals surface area (Å²) in [6.07, 6.45) is 0. The molecule has 0 amide bonds. The van der Waals surface area contributed by atoms with Crippen molar-refractivity contribution in [3.05, 3.63) is 35.0 Å². The van der Waals surface area contributed by atoms with Crippen LogP contribution in [0, 0.1) is 22.8 Å². The van der Waals surface area contributed by atoms with Crippen LogP contribution >= 0.6 is 11.3 Å². The van der Waals surface area contributed by atoms with E-state index in [1.807, 2.05) is 0 Å². The van der Waals surface area contributed by atoms with Crippen molar-refractivity contribution >= 4 is 21.4 Å². The van der Waals surface area contributed by atoms with Crippen LogP contribution in [-0.4, -0.2) is 0 Å². The number of fused-ring (bicyclic) bond motifs is 1. The molecule has 61 valence electrons. The molecule has 4 heteroatoms. The topological polar surface area (TPSA) is 0 Å². The second-order valence-electron chi connectivity index (χ2n) is 2.25. The Hall–Kier alpha value is -1.03. The van der Waals surface area contributed by atoms with E-state index in [1.165, 1.54) is 6.07 Å². The maximum Gasteiger partial charge on any atom is 0.170 e. The third kappa shape index (κ3) is 0.914. The molecule has 0 aliphatic carbocycles. The summed E-state index contributed by atoms with van der Waals surface area (Å²) in [6.45, 7) is 0. The predicted molar refractivity (Wildman–Crippen MR) is 40.5 cm³/mol. The van der Waals surface area contributed by atoms with E-state index in [0.29, 0.717) is 4.70 Å². The van der Waals surface area contributed by atoms with Crippen molar-refractivity contribution in [1.29, 1.82) is 0 Å². The summed E-state index contributed by atoms with van der Waals surface area (Å²) in [7, 11) is 0. The smallest absolute Gasteiger partial charge is 0.170 e. The Morgan fingerprint density at radius 3 is 2.67 bits per heavy atom. The van der Waals surface area contributed by atoms with E-state index in [0.717, 1.165) is 17.4 Å². The lowest BCUT2D eigenvalue weighted by atomic mass is 10.2. The van der Waals surface area contributed by atoms with Crippen LogP contribution in [0.1, 0.15) is 0 Å². The van der Waals surface area contributed by atoms with Crippen molar-refractivity contribution in [3.63, 3.8) is 0 Å². The fourth-order valence-electron chi connectivity index (χ4n) is 0.973. The monoisotopic (exact) mass is 187 g/mol. The molecule has 0 unspecified atom stereocenters. The summed E-state index contributed by atoms with van der Waals surface area (Å²) in [5.41, 5.74) is 0. The molecule has 1 radical (unpaired) electrons. The van der Waals surface area contributed by atoms with Crippen LogP contribution in [0.4, 0.5) is 13.2 Å². The number of hydrogen-bond donors (Lipinski definition) is 0. The average Bonchev–Trinajstić information content (AvgIpc) is 2.41. The van der Waals surface area contributed by atoms with Crippen LogP contribution in [0.3, 0.4) is 0 Å². The molecule has 0 N–H and O–H groups in total. The zero-order valence-corrected chi connectivity index (χ0v) is 6.51. The largest absolute Gasteiger partial charge is 0.205 e. The van der Waals surface area contributed by atoms with Gasteiger partial charge in [-0.15, -0.1) is 11.3 Å². The maximum absolute atomic E-state index is 12.9. The van der Waals surface area contributed by atoms with Crippen molar-refractivity contribution in [3.8, 4) is 0 Å². The summed E-state index contributed by atoms with van der Waals surface area (Å²) in [5.74, 6) is -3.00. The van der Waals surface area contributed by atoms with Gasteiger partial charge in [-0.25, -0.2) is 13.2 Å². The van der Waals surface area contributed by atoms with Crippen LogP contribution in [0.2, 0.25) is 0 Å². The Balaban J connectivity index is 2.96. The van der Waals surface area contributed by atoms with Crippen LogP contribution in [0.25, 0.3) is 10.1 Å². The van der Waals surface area contributed by atoms with E-state index in [2.05, 4.69) is 5.38 Å². The lowest BCUT2D eigenvalue weighted by Gasteiger charge is -1.93. The summed E-state index contributed by atoms with van der Waals surface area (Å²) < 4.78 is 38.5. The van der Waals surface area contributed by atoms with Crippen LogP contribution in [0.15, 0.2) is 12.1 Å². The maximum atomic E-state index is 12.9. The van der Waals surface area contributed by atoms with Gasteiger partial charge in [0.1, 0.15) is 0 Å². The van der Waals surface area contributed by atoms with E-state index in [9.17, 15) is 13.2 Å². The fourth-order valence-corrected chi connectivity index (χ4v) is 1.69. The van der Waals surface area contributed by atoms with Gasteiger partial charge in [-0.1, -0.05) is 0 Å². The van der Waals surface area contributed by atoms with Crippen LogP contribution in [0.5, 0.6) is 0 Å². The highest BCUT2D eigenvalue weighted by molar-refractivity contribution is 7.16. The highest BCUT2D eigenvalue weighted by atomic mass is 32.1. The molecule has 12 heavy (non-hydrogen) atoms. The van der Waals surface area contributed by atoms with Gasteiger partial charge in [0.05, 0.1) is 10.8 Å². The SMILES string of the molecule is Fc1ccc2s[c]c(F)c2c1F. The average molecular weight is 187 g/mol. The molecule has 1 heterocycles. The molecule has 0 nitrogen and oxygen atoms in total. The zero-order valence-electron chi connectivity index (χ0n) is 5.70. The molecule has 2 rings (SSSR count). The van der Waals surface area contributed by atoms with Gasteiger partial charge in [-0.2, -0.15) is 0 Å². The highest BCUT2D eigenvalue weighted by Gasteiger charge is 2.12. The van der Waals surface area contributed by atoms with Gasteiger partial charge in [-0.05, 0) is 12.1 Å². The summed E-state index contributed by atoms with van der Waals surface area (Å²) in [6, 6.07) is 2.30.